The van der Waals surface area contributed by atoms with Crippen LogP contribution in [0, 0.1) is 5.41 Å². The fraction of sp³-hybridized carbons (Fsp3) is 0.333. The van der Waals surface area contributed by atoms with E-state index in [1.807, 2.05) is 54.6 Å². The number of carbonyl (C=O) groups is 2. The molecule has 2 amide bonds. The second-order valence-electron chi connectivity index (χ2n) is 6.97. The molecule has 2 N–H and O–H groups in total. The first-order valence-electron chi connectivity index (χ1n) is 9.29. The summed E-state index contributed by atoms with van der Waals surface area (Å²) in [5.74, 6) is -0.480. The first kappa shape index (κ1) is 17.5. The van der Waals surface area contributed by atoms with Gasteiger partial charge in [-0.15, -0.1) is 0 Å². The molecule has 0 spiro atoms. The minimum Gasteiger partial charge on any atom is -0.378 e. The van der Waals surface area contributed by atoms with Crippen LogP contribution in [0.25, 0.3) is 0 Å². The van der Waals surface area contributed by atoms with Crippen molar-refractivity contribution in [3.63, 3.8) is 0 Å². The van der Waals surface area contributed by atoms with Crippen molar-refractivity contribution < 1.29 is 14.3 Å². The first-order valence-corrected chi connectivity index (χ1v) is 9.29. The Hall–Kier alpha value is -2.86. The second-order valence-corrected chi connectivity index (χ2v) is 6.97. The van der Waals surface area contributed by atoms with Crippen LogP contribution in [0.3, 0.4) is 0 Å². The van der Waals surface area contributed by atoms with Crippen LogP contribution in [0.4, 0.5) is 17.1 Å². The number of rotatable bonds is 5. The molecule has 0 atom stereocenters. The average Bonchev–Trinajstić information content (AvgIpc) is 3.52. The minimum atomic E-state index is -0.978. The molecular weight excluding hydrogens is 342 g/mol. The van der Waals surface area contributed by atoms with E-state index in [1.165, 1.54) is 0 Å². The van der Waals surface area contributed by atoms with Gasteiger partial charge in [0.2, 0.25) is 11.8 Å². The van der Waals surface area contributed by atoms with Gasteiger partial charge in [0.05, 0.1) is 24.6 Å². The number of nitrogens with one attached hydrogen (secondary N) is 2. The van der Waals surface area contributed by atoms with Crippen LogP contribution in [0.1, 0.15) is 12.8 Å². The van der Waals surface area contributed by atoms with E-state index in [-0.39, 0.29) is 11.8 Å². The summed E-state index contributed by atoms with van der Waals surface area (Å²) in [4.78, 5) is 27.9. The zero-order chi connectivity index (χ0) is 18.7. The fourth-order valence-electron chi connectivity index (χ4n) is 3.36. The molecule has 140 valence electrons. The normalized spacial score (nSPS) is 17.9. The highest BCUT2D eigenvalue weighted by Crippen LogP contribution is 2.48. The summed E-state index contributed by atoms with van der Waals surface area (Å²) in [6, 6.07) is 17.0. The van der Waals surface area contributed by atoms with E-state index in [4.69, 9.17) is 4.74 Å². The van der Waals surface area contributed by atoms with Crippen molar-refractivity contribution >= 4 is 28.9 Å². The van der Waals surface area contributed by atoms with Gasteiger partial charge in [0.25, 0.3) is 0 Å². The number of nitrogens with zero attached hydrogens (tertiary/aromatic N) is 1. The van der Waals surface area contributed by atoms with Crippen molar-refractivity contribution in [1.29, 1.82) is 0 Å². The van der Waals surface area contributed by atoms with Crippen LogP contribution in [0.2, 0.25) is 0 Å². The molecule has 0 bridgehead atoms. The van der Waals surface area contributed by atoms with Gasteiger partial charge in [0.1, 0.15) is 5.41 Å². The number of morpholine rings is 1. The molecule has 0 unspecified atom stereocenters. The number of carbonyl (C=O) groups excluding carboxylic acids is 2. The van der Waals surface area contributed by atoms with E-state index in [0.717, 1.165) is 24.5 Å². The maximum atomic E-state index is 12.9. The van der Waals surface area contributed by atoms with E-state index >= 15 is 0 Å². The Morgan fingerprint density at radius 1 is 0.852 bits per heavy atom. The van der Waals surface area contributed by atoms with E-state index in [2.05, 4.69) is 15.5 Å². The summed E-state index contributed by atoms with van der Waals surface area (Å²) in [5, 5.41) is 5.86. The molecule has 1 saturated carbocycles. The smallest absolute Gasteiger partial charge is 0.240 e. The Bertz CT molecular complexity index is 828. The zero-order valence-electron chi connectivity index (χ0n) is 15.1. The molecule has 6 nitrogen and oxygen atoms in total. The molecule has 1 aliphatic heterocycles. The van der Waals surface area contributed by atoms with Crippen LogP contribution < -0.4 is 15.5 Å². The molecule has 2 fully saturated rings. The maximum absolute atomic E-state index is 12.9. The third-order valence-corrected chi connectivity index (χ3v) is 5.15. The van der Waals surface area contributed by atoms with E-state index < -0.39 is 5.41 Å². The van der Waals surface area contributed by atoms with Crippen LogP contribution in [-0.2, 0) is 14.3 Å². The highest BCUT2D eigenvalue weighted by Gasteiger charge is 2.56. The van der Waals surface area contributed by atoms with Gasteiger partial charge in [-0.3, -0.25) is 9.59 Å². The molecule has 1 heterocycles. The van der Waals surface area contributed by atoms with Gasteiger partial charge in [0, 0.05) is 18.8 Å². The Balaban J connectivity index is 1.48. The lowest BCUT2D eigenvalue weighted by Crippen LogP contribution is -2.38. The van der Waals surface area contributed by atoms with Gasteiger partial charge in [-0.25, -0.2) is 0 Å². The second kappa shape index (κ2) is 7.40. The predicted octanol–water partition coefficient (Wildman–Crippen LogP) is 2.88. The van der Waals surface area contributed by atoms with Crippen LogP contribution >= 0.6 is 0 Å². The SMILES string of the molecule is O=C(Nc1ccccc1)C1(C(=O)Nc2ccccc2N2CCOCC2)CC1. The predicted molar refractivity (Wildman–Crippen MR) is 105 cm³/mol. The maximum Gasteiger partial charge on any atom is 0.240 e. The van der Waals surface area contributed by atoms with Gasteiger partial charge in [-0.1, -0.05) is 30.3 Å². The summed E-state index contributed by atoms with van der Waals surface area (Å²) in [6.45, 7) is 2.91. The standard InChI is InChI=1S/C21H23N3O3/c25-19(22-16-6-2-1-3-7-16)21(10-11-21)20(26)23-17-8-4-5-9-18(17)24-12-14-27-15-13-24/h1-9H,10-15H2,(H,22,25)(H,23,26). The topological polar surface area (TPSA) is 70.7 Å². The summed E-state index contributed by atoms with van der Waals surface area (Å²) >= 11 is 0. The van der Waals surface area contributed by atoms with Gasteiger partial charge < -0.3 is 20.3 Å². The van der Waals surface area contributed by atoms with Crippen LogP contribution in [-0.4, -0.2) is 38.1 Å². The molecule has 27 heavy (non-hydrogen) atoms. The molecule has 1 aliphatic carbocycles. The number of anilines is 3. The van der Waals surface area contributed by atoms with Gasteiger partial charge in [-0.2, -0.15) is 0 Å². The quantitative estimate of drug-likeness (QED) is 0.800. The van der Waals surface area contributed by atoms with Crippen molar-refractivity contribution in [1.82, 2.24) is 0 Å². The van der Waals surface area contributed by atoms with Gasteiger partial charge >= 0.3 is 0 Å². The van der Waals surface area contributed by atoms with Crippen LogP contribution in [0.15, 0.2) is 54.6 Å². The highest BCUT2D eigenvalue weighted by atomic mass is 16.5. The lowest BCUT2D eigenvalue weighted by Gasteiger charge is -2.30. The Kier molecular flexibility index (Phi) is 4.81. The Morgan fingerprint density at radius 2 is 1.48 bits per heavy atom. The largest absolute Gasteiger partial charge is 0.378 e. The minimum absolute atomic E-state index is 0.239. The Labute approximate surface area is 158 Å². The lowest BCUT2D eigenvalue weighted by atomic mass is 10.0. The number of para-hydroxylation sites is 3. The van der Waals surface area contributed by atoms with Crippen molar-refractivity contribution in [2.75, 3.05) is 41.8 Å². The van der Waals surface area contributed by atoms with Crippen molar-refractivity contribution in [2.24, 2.45) is 5.41 Å². The molecule has 6 heteroatoms. The average molecular weight is 365 g/mol. The summed E-state index contributed by atoms with van der Waals surface area (Å²) in [5.41, 5.74) is 1.43. The number of hydrogen-bond acceptors (Lipinski definition) is 4. The number of benzene rings is 2. The first-order chi connectivity index (χ1) is 13.2. The van der Waals surface area contributed by atoms with Crippen LogP contribution in [0.5, 0.6) is 0 Å². The van der Waals surface area contributed by atoms with Crippen molar-refractivity contribution in [3.8, 4) is 0 Å². The van der Waals surface area contributed by atoms with Crippen molar-refractivity contribution in [2.45, 2.75) is 12.8 Å². The Morgan fingerprint density at radius 3 is 2.19 bits per heavy atom. The fourth-order valence-corrected chi connectivity index (χ4v) is 3.36. The third-order valence-electron chi connectivity index (χ3n) is 5.15. The molecule has 1 saturated heterocycles. The van der Waals surface area contributed by atoms with Gasteiger partial charge in [-0.05, 0) is 37.1 Å². The molecular formula is C21H23N3O3. The summed E-state index contributed by atoms with van der Waals surface area (Å²) in [7, 11) is 0. The number of amides is 2. The van der Waals surface area contributed by atoms with Gasteiger partial charge in [0.15, 0.2) is 0 Å². The molecule has 2 aliphatic rings. The highest BCUT2D eigenvalue weighted by molar-refractivity contribution is 6.17. The molecule has 0 aromatic heterocycles. The molecule has 0 radical (unpaired) electrons. The van der Waals surface area contributed by atoms with E-state index in [0.29, 0.717) is 31.7 Å². The zero-order valence-corrected chi connectivity index (χ0v) is 15.1. The monoisotopic (exact) mass is 365 g/mol. The lowest BCUT2D eigenvalue weighted by molar-refractivity contribution is -0.131. The van der Waals surface area contributed by atoms with E-state index in [9.17, 15) is 9.59 Å². The summed E-state index contributed by atoms with van der Waals surface area (Å²) in [6.07, 6.45) is 1.13. The molecule has 4 rings (SSSR count). The molecule has 2 aromatic rings. The third kappa shape index (κ3) is 3.66. The number of ether oxygens (including phenoxy) is 1. The molecule has 2 aromatic carbocycles. The number of hydrogen-bond donors (Lipinski definition) is 2. The van der Waals surface area contributed by atoms with E-state index in [1.54, 1.807) is 0 Å². The van der Waals surface area contributed by atoms with Crippen molar-refractivity contribution in [3.05, 3.63) is 54.6 Å². The summed E-state index contributed by atoms with van der Waals surface area (Å²) < 4.78 is 5.41.